The summed E-state index contributed by atoms with van der Waals surface area (Å²) in [5, 5.41) is 0.453. The summed E-state index contributed by atoms with van der Waals surface area (Å²) in [7, 11) is -3.83. The van der Waals surface area contributed by atoms with Crippen LogP contribution in [-0.4, -0.2) is 26.9 Å². The minimum Gasteiger partial charge on any atom is -0.310 e. The number of hydrogen-bond acceptors (Lipinski definition) is 3. The number of carbonyl (C=O) groups is 1. The lowest BCUT2D eigenvalue weighted by molar-refractivity contribution is -0.121. The average Bonchev–Trinajstić information content (AvgIpc) is 3.03. The van der Waals surface area contributed by atoms with Gasteiger partial charge in [0.15, 0.2) is 0 Å². The van der Waals surface area contributed by atoms with E-state index in [2.05, 4.69) is 4.72 Å². The van der Waals surface area contributed by atoms with Crippen molar-refractivity contribution in [2.75, 3.05) is 11.4 Å². The zero-order valence-corrected chi connectivity index (χ0v) is 16.2. The summed E-state index contributed by atoms with van der Waals surface area (Å²) < 4.78 is 28.0. The lowest BCUT2D eigenvalue weighted by Crippen LogP contribution is -2.51. The van der Waals surface area contributed by atoms with Gasteiger partial charge in [0.05, 0.1) is 4.90 Å². The maximum Gasteiger partial charge on any atom is 0.245 e. The Balaban J connectivity index is 1.86. The van der Waals surface area contributed by atoms with Crippen LogP contribution in [0.1, 0.15) is 19.4 Å². The molecule has 0 aliphatic carbocycles. The van der Waals surface area contributed by atoms with Crippen LogP contribution in [0.15, 0.2) is 53.4 Å². The van der Waals surface area contributed by atoms with Crippen LogP contribution >= 0.6 is 11.6 Å². The minimum absolute atomic E-state index is 0.0853. The monoisotopic (exact) mass is 392 g/mol. The van der Waals surface area contributed by atoms with Gasteiger partial charge < -0.3 is 4.90 Å². The Kier molecular flexibility index (Phi) is 5.37. The number of rotatable bonds is 5. The van der Waals surface area contributed by atoms with E-state index in [-0.39, 0.29) is 16.7 Å². The molecule has 0 saturated heterocycles. The minimum atomic E-state index is -3.83. The number of para-hydroxylation sites is 1. The summed E-state index contributed by atoms with van der Waals surface area (Å²) in [4.78, 5) is 14.8. The number of sulfonamides is 1. The molecule has 1 atom stereocenters. The Morgan fingerprint density at radius 2 is 1.77 bits per heavy atom. The van der Waals surface area contributed by atoms with E-state index in [1.807, 2.05) is 38.1 Å². The van der Waals surface area contributed by atoms with E-state index < -0.39 is 16.1 Å². The van der Waals surface area contributed by atoms with Crippen molar-refractivity contribution >= 4 is 33.2 Å². The van der Waals surface area contributed by atoms with Crippen LogP contribution in [0.25, 0.3) is 0 Å². The molecular formula is C19H21ClN2O3S. The van der Waals surface area contributed by atoms with Crippen molar-refractivity contribution in [1.29, 1.82) is 0 Å². The van der Waals surface area contributed by atoms with Gasteiger partial charge in [-0.25, -0.2) is 8.42 Å². The maximum atomic E-state index is 13.1. The van der Waals surface area contributed by atoms with Crippen LogP contribution in [0.5, 0.6) is 0 Å². The molecular weight excluding hydrogens is 372 g/mol. The lowest BCUT2D eigenvalue weighted by Gasteiger charge is -2.27. The van der Waals surface area contributed by atoms with Crippen LogP contribution < -0.4 is 9.62 Å². The van der Waals surface area contributed by atoms with Crippen molar-refractivity contribution in [2.45, 2.75) is 31.2 Å². The predicted octanol–water partition coefficient (Wildman–Crippen LogP) is 3.23. The van der Waals surface area contributed by atoms with Gasteiger partial charge in [0.2, 0.25) is 15.9 Å². The van der Waals surface area contributed by atoms with E-state index >= 15 is 0 Å². The standard InChI is InChI=1S/C19H21ClN2O3S/c1-13(2)18(21-26(24,25)16-9-7-15(20)8-10-16)19(23)22-12-11-14-5-3-4-6-17(14)22/h3-10,13,18,21H,11-12H2,1-2H3/t18-/m1/s1. The van der Waals surface area contributed by atoms with Gasteiger partial charge in [0.1, 0.15) is 6.04 Å². The Morgan fingerprint density at radius 3 is 2.42 bits per heavy atom. The van der Waals surface area contributed by atoms with Crippen molar-refractivity contribution < 1.29 is 13.2 Å². The molecule has 5 nitrogen and oxygen atoms in total. The number of nitrogens with zero attached hydrogens (tertiary/aromatic N) is 1. The average molecular weight is 393 g/mol. The van der Waals surface area contributed by atoms with Gasteiger partial charge in [-0.2, -0.15) is 4.72 Å². The zero-order valence-electron chi connectivity index (χ0n) is 14.6. The van der Waals surface area contributed by atoms with Crippen LogP contribution in [-0.2, 0) is 21.2 Å². The van der Waals surface area contributed by atoms with Crippen molar-refractivity contribution in [3.8, 4) is 0 Å². The molecule has 1 aliphatic rings. The van der Waals surface area contributed by atoms with E-state index in [1.54, 1.807) is 4.90 Å². The third-order valence-corrected chi connectivity index (χ3v) is 6.20. The van der Waals surface area contributed by atoms with E-state index in [0.29, 0.717) is 11.6 Å². The molecule has 1 heterocycles. The van der Waals surface area contributed by atoms with Crippen molar-refractivity contribution in [2.24, 2.45) is 5.92 Å². The summed E-state index contributed by atoms with van der Waals surface area (Å²) in [6.07, 6.45) is 0.774. The molecule has 1 N–H and O–H groups in total. The fourth-order valence-corrected chi connectivity index (χ4v) is 4.52. The van der Waals surface area contributed by atoms with Crippen molar-refractivity contribution in [3.63, 3.8) is 0 Å². The first kappa shape index (κ1) is 18.9. The highest BCUT2D eigenvalue weighted by molar-refractivity contribution is 7.89. The second-order valence-electron chi connectivity index (χ2n) is 6.67. The molecule has 0 fully saturated rings. The lowest BCUT2D eigenvalue weighted by atomic mass is 10.0. The number of benzene rings is 2. The van der Waals surface area contributed by atoms with E-state index in [4.69, 9.17) is 11.6 Å². The quantitative estimate of drug-likeness (QED) is 0.849. The normalized spacial score (nSPS) is 15.2. The molecule has 1 aliphatic heterocycles. The first-order chi connectivity index (χ1) is 12.3. The second kappa shape index (κ2) is 7.39. The number of nitrogens with one attached hydrogen (secondary N) is 1. The number of halogens is 1. The second-order valence-corrected chi connectivity index (χ2v) is 8.82. The van der Waals surface area contributed by atoms with Gasteiger partial charge in [0, 0.05) is 17.3 Å². The number of anilines is 1. The van der Waals surface area contributed by atoms with Gasteiger partial charge in [0.25, 0.3) is 0 Å². The first-order valence-corrected chi connectivity index (χ1v) is 10.3. The highest BCUT2D eigenvalue weighted by Crippen LogP contribution is 2.29. The molecule has 3 rings (SSSR count). The molecule has 2 aromatic rings. The highest BCUT2D eigenvalue weighted by Gasteiger charge is 2.34. The Bertz CT molecular complexity index is 911. The zero-order chi connectivity index (χ0) is 18.9. The van der Waals surface area contributed by atoms with Crippen LogP contribution in [0.3, 0.4) is 0 Å². The third-order valence-electron chi connectivity index (χ3n) is 4.49. The molecule has 7 heteroatoms. The SMILES string of the molecule is CC(C)[C@@H](NS(=O)(=O)c1ccc(Cl)cc1)C(=O)N1CCc2ccccc21. The van der Waals surface area contributed by atoms with Crippen LogP contribution in [0.4, 0.5) is 5.69 Å². The smallest absolute Gasteiger partial charge is 0.245 e. The maximum absolute atomic E-state index is 13.1. The van der Waals surface area contributed by atoms with Crippen molar-refractivity contribution in [3.05, 3.63) is 59.1 Å². The Morgan fingerprint density at radius 1 is 1.12 bits per heavy atom. The van der Waals surface area contributed by atoms with Crippen LogP contribution in [0, 0.1) is 5.92 Å². The first-order valence-electron chi connectivity index (χ1n) is 8.47. The molecule has 138 valence electrons. The molecule has 0 radical (unpaired) electrons. The predicted molar refractivity (Wildman–Crippen MR) is 103 cm³/mol. The summed E-state index contributed by atoms with van der Waals surface area (Å²) in [6.45, 7) is 4.22. The molecule has 26 heavy (non-hydrogen) atoms. The van der Waals surface area contributed by atoms with Gasteiger partial charge in [-0.1, -0.05) is 43.6 Å². The summed E-state index contributed by atoms with van der Waals surface area (Å²) >= 11 is 5.83. The van der Waals surface area contributed by atoms with E-state index in [1.165, 1.54) is 24.3 Å². The van der Waals surface area contributed by atoms with Gasteiger partial charge in [-0.15, -0.1) is 0 Å². The summed E-state index contributed by atoms with van der Waals surface area (Å²) in [6, 6.07) is 12.7. The molecule has 0 saturated carbocycles. The number of fused-ring (bicyclic) bond motifs is 1. The highest BCUT2D eigenvalue weighted by atomic mass is 35.5. The summed E-state index contributed by atoms with van der Waals surface area (Å²) in [5.41, 5.74) is 1.96. The van der Waals surface area contributed by atoms with Gasteiger partial charge >= 0.3 is 0 Å². The Hall–Kier alpha value is -1.89. The summed E-state index contributed by atoms with van der Waals surface area (Å²) in [5.74, 6) is -0.431. The molecule has 2 aromatic carbocycles. The van der Waals surface area contributed by atoms with Gasteiger partial charge in [-0.3, -0.25) is 4.79 Å². The van der Waals surface area contributed by atoms with Crippen LogP contribution in [0.2, 0.25) is 5.02 Å². The van der Waals surface area contributed by atoms with E-state index in [0.717, 1.165) is 17.7 Å². The van der Waals surface area contributed by atoms with E-state index in [9.17, 15) is 13.2 Å². The van der Waals surface area contributed by atoms with Gasteiger partial charge in [-0.05, 0) is 48.2 Å². The molecule has 0 bridgehead atoms. The number of carbonyl (C=O) groups excluding carboxylic acids is 1. The molecule has 0 aromatic heterocycles. The molecule has 1 amide bonds. The fraction of sp³-hybridized carbons (Fsp3) is 0.316. The topological polar surface area (TPSA) is 66.5 Å². The fourth-order valence-electron chi connectivity index (χ4n) is 3.06. The van der Waals surface area contributed by atoms with Crippen molar-refractivity contribution in [1.82, 2.24) is 4.72 Å². The largest absolute Gasteiger partial charge is 0.310 e. The number of hydrogen-bond donors (Lipinski definition) is 1. The Labute approximate surface area is 159 Å². The molecule has 0 unspecified atom stereocenters. The third kappa shape index (κ3) is 3.77. The molecule has 0 spiro atoms. The number of amides is 1.